The van der Waals surface area contributed by atoms with Crippen molar-refractivity contribution in [2.24, 2.45) is 0 Å². The number of pyridine rings is 1. The van der Waals surface area contributed by atoms with E-state index in [-0.39, 0.29) is 12.4 Å². The smallest absolute Gasteiger partial charge is 0.161 e. The van der Waals surface area contributed by atoms with E-state index in [4.69, 9.17) is 5.11 Å². The summed E-state index contributed by atoms with van der Waals surface area (Å²) in [4.78, 5) is 15.0. The first-order valence-electron chi connectivity index (χ1n) is 3.73. The lowest BCUT2D eigenvalue weighted by Crippen LogP contribution is -2.03. The molecule has 0 aliphatic carbocycles. The second-order valence-corrected chi connectivity index (χ2v) is 2.66. The van der Waals surface area contributed by atoms with Gasteiger partial charge in [-0.2, -0.15) is 0 Å². The van der Waals surface area contributed by atoms with Crippen LogP contribution < -0.4 is 0 Å². The quantitative estimate of drug-likeness (QED) is 0.667. The lowest BCUT2D eigenvalue weighted by atomic mass is 10.1. The molecule has 1 aromatic rings. The van der Waals surface area contributed by atoms with Gasteiger partial charge in [-0.1, -0.05) is 0 Å². The molecule has 1 heterocycles. The highest BCUT2D eigenvalue weighted by atomic mass is 16.3. The third kappa shape index (κ3) is 1.68. The van der Waals surface area contributed by atoms with Gasteiger partial charge < -0.3 is 5.11 Å². The number of aliphatic hydroxyl groups excluding tert-OH is 1. The minimum atomic E-state index is -0.184. The summed E-state index contributed by atoms with van der Waals surface area (Å²) in [6, 6.07) is 3.45. The monoisotopic (exact) mass is 165 g/mol. The number of aliphatic hydroxyl groups is 1. The number of hydrogen-bond donors (Lipinski definition) is 1. The molecule has 0 aromatic carbocycles. The van der Waals surface area contributed by atoms with Crippen LogP contribution in [0.25, 0.3) is 0 Å². The molecule has 0 aliphatic heterocycles. The fraction of sp³-hybridized carbons (Fsp3) is 0.333. The fourth-order valence-electron chi connectivity index (χ4n) is 1.05. The standard InChI is InChI=1S/C9H11NO2/c1-6-3-4-8(7(2)12)9(5-11)10-6/h3-4,11H,5H2,1-2H3. The van der Waals surface area contributed by atoms with Gasteiger partial charge in [0.25, 0.3) is 0 Å². The molecular weight excluding hydrogens is 154 g/mol. The molecular formula is C9H11NO2. The van der Waals surface area contributed by atoms with Gasteiger partial charge >= 0.3 is 0 Å². The van der Waals surface area contributed by atoms with Crippen molar-refractivity contribution in [2.75, 3.05) is 0 Å². The van der Waals surface area contributed by atoms with Crippen molar-refractivity contribution in [3.63, 3.8) is 0 Å². The SMILES string of the molecule is CC(=O)c1ccc(C)nc1CO. The number of rotatable bonds is 2. The summed E-state index contributed by atoms with van der Waals surface area (Å²) in [6.45, 7) is 3.10. The number of carbonyl (C=O) groups excluding carboxylic acids is 1. The van der Waals surface area contributed by atoms with Gasteiger partial charge in [-0.3, -0.25) is 9.78 Å². The molecule has 0 spiro atoms. The number of Topliss-reactive ketones (excluding diaryl/α,β-unsaturated/α-hetero) is 1. The Morgan fingerprint density at radius 1 is 1.58 bits per heavy atom. The minimum absolute atomic E-state index is 0.0634. The second kappa shape index (κ2) is 3.45. The first kappa shape index (κ1) is 8.87. The summed E-state index contributed by atoms with van der Waals surface area (Å²) in [7, 11) is 0. The molecule has 1 N–H and O–H groups in total. The van der Waals surface area contributed by atoms with Gasteiger partial charge in [0.05, 0.1) is 12.3 Å². The van der Waals surface area contributed by atoms with E-state index in [9.17, 15) is 4.79 Å². The zero-order valence-electron chi connectivity index (χ0n) is 7.16. The predicted molar refractivity (Wildman–Crippen MR) is 44.9 cm³/mol. The van der Waals surface area contributed by atoms with Gasteiger partial charge in [0.2, 0.25) is 0 Å². The molecule has 3 heteroatoms. The normalized spacial score (nSPS) is 9.92. The predicted octanol–water partition coefficient (Wildman–Crippen LogP) is 1.08. The Labute approximate surface area is 71.1 Å². The summed E-state index contributed by atoms with van der Waals surface area (Å²) < 4.78 is 0. The van der Waals surface area contributed by atoms with Gasteiger partial charge in [-0.05, 0) is 26.0 Å². The molecule has 1 rings (SSSR count). The molecule has 1 aromatic heterocycles. The summed E-state index contributed by atoms with van der Waals surface area (Å²) in [6.07, 6.45) is 0. The van der Waals surface area contributed by atoms with Crippen LogP contribution in [-0.4, -0.2) is 15.9 Å². The van der Waals surface area contributed by atoms with Crippen LogP contribution in [0.2, 0.25) is 0 Å². The molecule has 64 valence electrons. The summed E-state index contributed by atoms with van der Waals surface area (Å²) in [5.74, 6) is -0.0634. The zero-order chi connectivity index (χ0) is 9.14. The lowest BCUT2D eigenvalue weighted by molar-refractivity contribution is 0.101. The van der Waals surface area contributed by atoms with Crippen molar-refractivity contribution in [1.82, 2.24) is 4.98 Å². The van der Waals surface area contributed by atoms with E-state index in [1.54, 1.807) is 12.1 Å². The molecule has 0 bridgehead atoms. The number of ketones is 1. The molecule has 0 aliphatic rings. The summed E-state index contributed by atoms with van der Waals surface area (Å²) >= 11 is 0. The Hall–Kier alpha value is -1.22. The van der Waals surface area contributed by atoms with E-state index in [2.05, 4.69) is 4.98 Å². The van der Waals surface area contributed by atoms with Crippen LogP contribution in [0.5, 0.6) is 0 Å². The minimum Gasteiger partial charge on any atom is -0.390 e. The highest BCUT2D eigenvalue weighted by Crippen LogP contribution is 2.08. The maximum Gasteiger partial charge on any atom is 0.161 e. The Balaban J connectivity index is 3.20. The topological polar surface area (TPSA) is 50.2 Å². The number of aryl methyl sites for hydroxylation is 1. The van der Waals surface area contributed by atoms with Crippen molar-refractivity contribution >= 4 is 5.78 Å². The lowest BCUT2D eigenvalue weighted by Gasteiger charge is -2.02. The van der Waals surface area contributed by atoms with Gasteiger partial charge in [0, 0.05) is 11.3 Å². The third-order valence-corrected chi connectivity index (χ3v) is 1.64. The first-order chi connectivity index (χ1) is 5.65. The van der Waals surface area contributed by atoms with Crippen molar-refractivity contribution in [3.8, 4) is 0 Å². The molecule has 0 saturated heterocycles. The van der Waals surface area contributed by atoms with Crippen LogP contribution in [0, 0.1) is 6.92 Å². The van der Waals surface area contributed by atoms with Crippen molar-refractivity contribution in [1.29, 1.82) is 0 Å². The van der Waals surface area contributed by atoms with E-state index >= 15 is 0 Å². The number of carbonyl (C=O) groups is 1. The third-order valence-electron chi connectivity index (χ3n) is 1.64. The Morgan fingerprint density at radius 2 is 2.25 bits per heavy atom. The fourth-order valence-corrected chi connectivity index (χ4v) is 1.05. The summed E-state index contributed by atoms with van der Waals surface area (Å²) in [5.41, 5.74) is 1.77. The molecule has 3 nitrogen and oxygen atoms in total. The Kier molecular flexibility index (Phi) is 2.55. The molecule has 0 fully saturated rings. The molecule has 12 heavy (non-hydrogen) atoms. The molecule has 0 unspecified atom stereocenters. The highest BCUT2D eigenvalue weighted by Gasteiger charge is 2.06. The number of aromatic nitrogens is 1. The van der Waals surface area contributed by atoms with E-state index in [0.717, 1.165) is 5.69 Å². The molecule has 0 amide bonds. The average Bonchev–Trinajstić information content (AvgIpc) is 2.03. The van der Waals surface area contributed by atoms with Gasteiger partial charge in [0.15, 0.2) is 5.78 Å². The second-order valence-electron chi connectivity index (χ2n) is 2.66. The van der Waals surface area contributed by atoms with Crippen LogP contribution in [0.1, 0.15) is 28.7 Å². The van der Waals surface area contributed by atoms with Crippen molar-refractivity contribution < 1.29 is 9.90 Å². The Bertz CT molecular complexity index is 307. The molecule has 0 atom stereocenters. The van der Waals surface area contributed by atoms with Crippen molar-refractivity contribution in [3.05, 3.63) is 29.1 Å². The molecule has 0 radical (unpaired) electrons. The maximum atomic E-state index is 11.0. The van der Waals surface area contributed by atoms with Crippen molar-refractivity contribution in [2.45, 2.75) is 20.5 Å². The van der Waals surface area contributed by atoms with E-state index in [1.807, 2.05) is 6.92 Å². The van der Waals surface area contributed by atoms with Crippen LogP contribution in [0.15, 0.2) is 12.1 Å². The maximum absolute atomic E-state index is 11.0. The van der Waals surface area contributed by atoms with Gasteiger partial charge in [0.1, 0.15) is 0 Å². The van der Waals surface area contributed by atoms with Gasteiger partial charge in [-0.15, -0.1) is 0 Å². The van der Waals surface area contributed by atoms with E-state index in [1.165, 1.54) is 6.92 Å². The Morgan fingerprint density at radius 3 is 2.75 bits per heavy atom. The van der Waals surface area contributed by atoms with E-state index < -0.39 is 0 Å². The van der Waals surface area contributed by atoms with Crippen LogP contribution in [0.4, 0.5) is 0 Å². The van der Waals surface area contributed by atoms with Gasteiger partial charge in [-0.25, -0.2) is 0 Å². The summed E-state index contributed by atoms with van der Waals surface area (Å²) in [5, 5.41) is 8.88. The largest absolute Gasteiger partial charge is 0.390 e. The van der Waals surface area contributed by atoms with E-state index in [0.29, 0.717) is 11.3 Å². The van der Waals surface area contributed by atoms with Crippen LogP contribution in [0.3, 0.4) is 0 Å². The zero-order valence-corrected chi connectivity index (χ0v) is 7.16. The highest BCUT2D eigenvalue weighted by molar-refractivity contribution is 5.95. The van der Waals surface area contributed by atoms with Crippen LogP contribution >= 0.6 is 0 Å². The first-order valence-corrected chi connectivity index (χ1v) is 3.73. The van der Waals surface area contributed by atoms with Crippen LogP contribution in [-0.2, 0) is 6.61 Å². The average molecular weight is 165 g/mol. The molecule has 0 saturated carbocycles. The number of nitrogens with zero attached hydrogens (tertiary/aromatic N) is 1. The number of hydrogen-bond acceptors (Lipinski definition) is 3.